The zero-order valence-corrected chi connectivity index (χ0v) is 11.6. The molecule has 0 amide bonds. The Labute approximate surface area is 119 Å². The highest BCUT2D eigenvalue weighted by Crippen LogP contribution is 2.19. The predicted molar refractivity (Wildman–Crippen MR) is 77.2 cm³/mol. The first-order chi connectivity index (χ1) is 9.74. The summed E-state index contributed by atoms with van der Waals surface area (Å²) in [6.07, 6.45) is 1.79. The molecule has 0 spiro atoms. The van der Waals surface area contributed by atoms with Crippen LogP contribution >= 0.6 is 0 Å². The summed E-state index contributed by atoms with van der Waals surface area (Å²) in [5.74, 6) is 0.609. The lowest BCUT2D eigenvalue weighted by molar-refractivity contribution is 0.412. The van der Waals surface area contributed by atoms with Gasteiger partial charge in [-0.25, -0.2) is 0 Å². The number of hydrogen-bond acceptors (Lipinski definition) is 4. The smallest absolute Gasteiger partial charge is 0.136 e. The van der Waals surface area contributed by atoms with E-state index in [4.69, 9.17) is 10.00 Å². The van der Waals surface area contributed by atoms with Crippen LogP contribution in [0.5, 0.6) is 5.75 Å². The topological polar surface area (TPSA) is 57.9 Å². The largest absolute Gasteiger partial charge is 0.495 e. The van der Waals surface area contributed by atoms with Gasteiger partial charge in [0.2, 0.25) is 0 Å². The first kappa shape index (κ1) is 14.0. The number of methoxy groups -OCH3 is 1. The Morgan fingerprint density at radius 1 is 1.35 bits per heavy atom. The van der Waals surface area contributed by atoms with E-state index in [1.165, 1.54) is 0 Å². The minimum atomic E-state index is 0.165. The van der Waals surface area contributed by atoms with Crippen LogP contribution in [0.15, 0.2) is 42.6 Å². The zero-order chi connectivity index (χ0) is 14.4. The fourth-order valence-corrected chi connectivity index (χ4v) is 1.95. The Balaban J connectivity index is 2.03. The van der Waals surface area contributed by atoms with E-state index in [1.54, 1.807) is 19.4 Å². The molecule has 0 aliphatic heterocycles. The van der Waals surface area contributed by atoms with Gasteiger partial charge in [0.05, 0.1) is 18.4 Å². The van der Waals surface area contributed by atoms with E-state index < -0.39 is 0 Å². The van der Waals surface area contributed by atoms with Crippen LogP contribution in [-0.2, 0) is 6.54 Å². The number of pyridine rings is 1. The van der Waals surface area contributed by atoms with Gasteiger partial charge in [-0.15, -0.1) is 0 Å². The van der Waals surface area contributed by atoms with Crippen molar-refractivity contribution in [3.8, 4) is 11.8 Å². The summed E-state index contributed by atoms with van der Waals surface area (Å²) in [6, 6.07) is 13.7. The fraction of sp³-hybridized carbons (Fsp3) is 0.250. The van der Waals surface area contributed by atoms with E-state index >= 15 is 0 Å². The minimum Gasteiger partial charge on any atom is -0.495 e. The van der Waals surface area contributed by atoms with E-state index in [0.717, 1.165) is 11.3 Å². The number of aromatic nitrogens is 1. The van der Waals surface area contributed by atoms with Crippen molar-refractivity contribution in [2.75, 3.05) is 7.11 Å². The third kappa shape index (κ3) is 3.34. The van der Waals surface area contributed by atoms with Crippen LogP contribution in [0, 0.1) is 11.3 Å². The first-order valence-corrected chi connectivity index (χ1v) is 6.46. The Kier molecular flexibility index (Phi) is 4.70. The maximum atomic E-state index is 8.95. The number of rotatable bonds is 5. The summed E-state index contributed by atoms with van der Waals surface area (Å²) in [6.45, 7) is 2.77. The van der Waals surface area contributed by atoms with Crippen LogP contribution in [0.4, 0.5) is 0 Å². The lowest BCUT2D eigenvalue weighted by Gasteiger charge is -2.14. The molecule has 1 heterocycles. The van der Waals surface area contributed by atoms with Crippen molar-refractivity contribution in [3.63, 3.8) is 0 Å². The van der Waals surface area contributed by atoms with Crippen molar-refractivity contribution in [3.05, 3.63) is 59.4 Å². The van der Waals surface area contributed by atoms with Crippen LogP contribution < -0.4 is 10.1 Å². The normalized spacial score (nSPS) is 11.7. The van der Waals surface area contributed by atoms with E-state index in [-0.39, 0.29) is 6.04 Å². The van der Waals surface area contributed by atoms with Gasteiger partial charge in [0, 0.05) is 18.8 Å². The van der Waals surface area contributed by atoms with Gasteiger partial charge in [-0.3, -0.25) is 4.98 Å². The summed E-state index contributed by atoms with van der Waals surface area (Å²) in [5.41, 5.74) is 2.63. The Hall–Kier alpha value is -2.38. The average Bonchev–Trinajstić information content (AvgIpc) is 2.53. The van der Waals surface area contributed by atoms with Crippen LogP contribution in [-0.4, -0.2) is 12.1 Å². The molecule has 0 aliphatic rings. The molecule has 2 aromatic rings. The molecule has 0 bridgehead atoms. The molecular formula is C16H17N3O. The van der Waals surface area contributed by atoms with Gasteiger partial charge in [-0.2, -0.15) is 5.26 Å². The molecule has 0 radical (unpaired) electrons. The van der Waals surface area contributed by atoms with Crippen LogP contribution in [0.2, 0.25) is 0 Å². The molecular weight excluding hydrogens is 250 g/mol. The predicted octanol–water partition coefficient (Wildman–Crippen LogP) is 2.81. The van der Waals surface area contributed by atoms with E-state index in [0.29, 0.717) is 17.9 Å². The van der Waals surface area contributed by atoms with E-state index in [1.807, 2.05) is 30.3 Å². The highest BCUT2D eigenvalue weighted by atomic mass is 16.5. The van der Waals surface area contributed by atoms with Gasteiger partial charge < -0.3 is 10.1 Å². The summed E-state index contributed by atoms with van der Waals surface area (Å²) in [5, 5.41) is 12.4. The van der Waals surface area contributed by atoms with Crippen molar-refractivity contribution < 1.29 is 4.74 Å². The number of nitrogens with one attached hydrogen (secondary N) is 1. The van der Waals surface area contributed by atoms with Crippen molar-refractivity contribution in [1.82, 2.24) is 10.3 Å². The van der Waals surface area contributed by atoms with Gasteiger partial charge >= 0.3 is 0 Å². The number of nitriles is 1. The van der Waals surface area contributed by atoms with Crippen LogP contribution in [0.1, 0.15) is 29.8 Å². The number of hydrogen-bond donors (Lipinski definition) is 1. The second-order valence-corrected chi connectivity index (χ2v) is 4.50. The molecule has 1 atom stereocenters. The summed E-state index contributed by atoms with van der Waals surface area (Å²) >= 11 is 0. The Morgan fingerprint density at radius 3 is 2.85 bits per heavy atom. The minimum absolute atomic E-state index is 0.165. The molecule has 0 unspecified atom stereocenters. The van der Waals surface area contributed by atoms with Gasteiger partial charge in [0.25, 0.3) is 0 Å². The first-order valence-electron chi connectivity index (χ1n) is 6.46. The molecule has 1 N–H and O–H groups in total. The Bertz CT molecular complexity index is 605. The van der Waals surface area contributed by atoms with Gasteiger partial charge in [-0.05, 0) is 36.8 Å². The average molecular weight is 267 g/mol. The van der Waals surface area contributed by atoms with Gasteiger partial charge in [0.1, 0.15) is 11.8 Å². The van der Waals surface area contributed by atoms with Crippen molar-refractivity contribution in [2.45, 2.75) is 19.5 Å². The number of benzene rings is 1. The van der Waals surface area contributed by atoms with Crippen LogP contribution in [0.25, 0.3) is 0 Å². The molecule has 1 aromatic heterocycles. The Morgan fingerprint density at radius 2 is 2.20 bits per heavy atom. The van der Waals surface area contributed by atoms with Crippen molar-refractivity contribution in [2.24, 2.45) is 0 Å². The van der Waals surface area contributed by atoms with Gasteiger partial charge in [0.15, 0.2) is 0 Å². The van der Waals surface area contributed by atoms with Crippen molar-refractivity contribution in [1.29, 1.82) is 5.26 Å². The van der Waals surface area contributed by atoms with Gasteiger partial charge in [-0.1, -0.05) is 12.1 Å². The number of nitrogens with zero attached hydrogens (tertiary/aromatic N) is 2. The number of ether oxygens (including phenoxy) is 1. The molecule has 2 rings (SSSR count). The fourth-order valence-electron chi connectivity index (χ4n) is 1.95. The lowest BCUT2D eigenvalue weighted by atomic mass is 10.1. The molecule has 0 saturated heterocycles. The highest BCUT2D eigenvalue weighted by Gasteiger charge is 2.07. The quantitative estimate of drug-likeness (QED) is 0.905. The monoisotopic (exact) mass is 267 g/mol. The molecule has 0 aliphatic carbocycles. The second kappa shape index (κ2) is 6.69. The molecule has 4 nitrogen and oxygen atoms in total. The molecule has 1 aromatic carbocycles. The lowest BCUT2D eigenvalue weighted by Crippen LogP contribution is -2.19. The summed E-state index contributed by atoms with van der Waals surface area (Å²) in [7, 11) is 1.57. The SMILES string of the molecule is COc1cc(CN[C@H](C)c2ccccn2)ccc1C#N. The second-order valence-electron chi connectivity index (χ2n) is 4.50. The maximum absolute atomic E-state index is 8.95. The molecule has 0 saturated carbocycles. The summed E-state index contributed by atoms with van der Waals surface area (Å²) < 4.78 is 5.21. The molecule has 20 heavy (non-hydrogen) atoms. The highest BCUT2D eigenvalue weighted by molar-refractivity contribution is 5.45. The van der Waals surface area contributed by atoms with E-state index in [9.17, 15) is 0 Å². The summed E-state index contributed by atoms with van der Waals surface area (Å²) in [4.78, 5) is 4.32. The van der Waals surface area contributed by atoms with Crippen molar-refractivity contribution >= 4 is 0 Å². The molecule has 102 valence electrons. The molecule has 0 fully saturated rings. The van der Waals surface area contributed by atoms with E-state index in [2.05, 4.69) is 23.3 Å². The zero-order valence-electron chi connectivity index (χ0n) is 11.6. The van der Waals surface area contributed by atoms with Crippen LogP contribution in [0.3, 0.4) is 0 Å². The maximum Gasteiger partial charge on any atom is 0.136 e. The third-order valence-corrected chi connectivity index (χ3v) is 3.13. The molecule has 4 heteroatoms. The third-order valence-electron chi connectivity index (χ3n) is 3.13. The standard InChI is InChI=1S/C16H17N3O/c1-12(15-5-3-4-8-18-15)19-11-13-6-7-14(10-17)16(9-13)20-2/h3-9,12,19H,11H2,1-2H3/t12-/m1/s1.